The molecule has 1 aromatic heterocycles. The highest BCUT2D eigenvalue weighted by atomic mass is 19.4. The summed E-state index contributed by atoms with van der Waals surface area (Å²) in [6.45, 7) is 1.37. The zero-order chi connectivity index (χ0) is 14.9. The molecule has 0 unspecified atom stereocenters. The maximum absolute atomic E-state index is 13.0. The zero-order valence-corrected chi connectivity index (χ0v) is 11.0. The lowest BCUT2D eigenvalue weighted by Gasteiger charge is -2.12. The van der Waals surface area contributed by atoms with Crippen LogP contribution in [0.2, 0.25) is 0 Å². The lowest BCUT2D eigenvalue weighted by Crippen LogP contribution is -2.24. The minimum absolute atomic E-state index is 0.00794. The van der Waals surface area contributed by atoms with Crippen LogP contribution in [0.1, 0.15) is 47.1 Å². The maximum atomic E-state index is 13.0. The highest BCUT2D eigenvalue weighted by Crippen LogP contribution is 2.37. The van der Waals surface area contributed by atoms with E-state index >= 15 is 0 Å². The van der Waals surface area contributed by atoms with Crippen molar-refractivity contribution in [2.75, 3.05) is 6.54 Å². The highest BCUT2D eigenvalue weighted by molar-refractivity contribution is 6.00. The van der Waals surface area contributed by atoms with Crippen LogP contribution in [-0.2, 0) is 23.8 Å². The Hall–Kier alpha value is -1.79. The fraction of sp³-hybridized carbons (Fsp3) is 0.538. The molecule has 1 aliphatic rings. The molecule has 0 bridgehead atoms. The summed E-state index contributed by atoms with van der Waals surface area (Å²) < 4.78 is 39.1. The van der Waals surface area contributed by atoms with Gasteiger partial charge >= 0.3 is 6.18 Å². The van der Waals surface area contributed by atoms with E-state index in [4.69, 9.17) is 0 Å². The third kappa shape index (κ3) is 2.86. The number of carbonyl (C=O) groups excluding carboxylic acids is 2. The molecule has 0 aromatic carbocycles. The van der Waals surface area contributed by atoms with Crippen LogP contribution in [0.25, 0.3) is 0 Å². The van der Waals surface area contributed by atoms with Crippen LogP contribution < -0.4 is 5.32 Å². The van der Waals surface area contributed by atoms with E-state index in [0.29, 0.717) is 18.5 Å². The average molecular weight is 288 g/mol. The van der Waals surface area contributed by atoms with Crippen molar-refractivity contribution in [3.8, 4) is 0 Å². The van der Waals surface area contributed by atoms with E-state index in [1.807, 2.05) is 0 Å². The Balaban J connectivity index is 2.37. The number of hydrogen-bond acceptors (Lipinski definition) is 2. The Kier molecular flexibility index (Phi) is 3.87. The molecule has 1 heterocycles. The van der Waals surface area contributed by atoms with Gasteiger partial charge in [-0.05, 0) is 24.8 Å². The predicted octanol–water partition coefficient (Wildman–Crippen LogP) is 2.23. The van der Waals surface area contributed by atoms with E-state index in [1.165, 1.54) is 6.92 Å². The van der Waals surface area contributed by atoms with E-state index in [2.05, 4.69) is 10.3 Å². The summed E-state index contributed by atoms with van der Waals surface area (Å²) in [5, 5.41) is 2.45. The molecule has 2 N–H and O–H groups in total. The van der Waals surface area contributed by atoms with Crippen molar-refractivity contribution in [1.82, 2.24) is 10.3 Å². The molecule has 1 amide bonds. The van der Waals surface area contributed by atoms with Gasteiger partial charge in [-0.2, -0.15) is 13.2 Å². The molecule has 0 saturated carbocycles. The number of Topliss-reactive ketones (excluding diaryl/α,β-unsaturated/α-hetero) is 1. The second-order valence-electron chi connectivity index (χ2n) is 4.84. The number of aromatic amines is 1. The fourth-order valence-corrected chi connectivity index (χ4v) is 2.53. The van der Waals surface area contributed by atoms with Crippen molar-refractivity contribution in [3.05, 3.63) is 22.5 Å². The van der Waals surface area contributed by atoms with Crippen LogP contribution in [-0.4, -0.2) is 23.2 Å². The molecule has 0 aliphatic heterocycles. The van der Waals surface area contributed by atoms with Crippen molar-refractivity contribution in [2.45, 2.75) is 38.8 Å². The van der Waals surface area contributed by atoms with Crippen molar-refractivity contribution in [3.63, 3.8) is 0 Å². The minimum Gasteiger partial charge on any atom is -0.356 e. The molecule has 4 nitrogen and oxygen atoms in total. The number of rotatable bonds is 3. The molecule has 0 atom stereocenters. The van der Waals surface area contributed by atoms with Gasteiger partial charge in [-0.1, -0.05) is 0 Å². The summed E-state index contributed by atoms with van der Waals surface area (Å²) in [5.41, 5.74) is -0.339. The smallest absolute Gasteiger partial charge is 0.356 e. The monoisotopic (exact) mass is 288 g/mol. The number of fused-ring (bicyclic) bond motifs is 1. The lowest BCUT2D eigenvalue weighted by molar-refractivity contribution is -0.141. The van der Waals surface area contributed by atoms with Gasteiger partial charge in [0.05, 0.1) is 0 Å². The summed E-state index contributed by atoms with van der Waals surface area (Å²) in [6, 6.07) is 0. The van der Waals surface area contributed by atoms with Gasteiger partial charge in [0.1, 0.15) is 5.69 Å². The van der Waals surface area contributed by atoms with Gasteiger partial charge in [-0.25, -0.2) is 0 Å². The second-order valence-corrected chi connectivity index (χ2v) is 4.84. The molecule has 0 spiro atoms. The number of H-pyrrole nitrogens is 1. The SMILES string of the molecule is CC(=O)NCCc1c(C(F)(F)F)[nH]c2c1C(=O)CCC2. The first-order valence-electron chi connectivity index (χ1n) is 6.39. The standard InChI is InChI=1S/C13H15F3N2O2/c1-7(19)17-6-5-8-11-9(3-2-4-10(11)20)18-12(8)13(14,15)16/h18H,2-6H2,1H3,(H,17,19). The first-order valence-corrected chi connectivity index (χ1v) is 6.39. The van der Waals surface area contributed by atoms with Gasteiger partial charge in [0, 0.05) is 31.1 Å². The van der Waals surface area contributed by atoms with Crippen LogP contribution in [0.4, 0.5) is 13.2 Å². The van der Waals surface area contributed by atoms with E-state index in [-0.39, 0.29) is 42.2 Å². The molecule has 2 rings (SSSR count). The van der Waals surface area contributed by atoms with Crippen molar-refractivity contribution >= 4 is 11.7 Å². The van der Waals surface area contributed by atoms with Crippen LogP contribution in [0.15, 0.2) is 0 Å². The third-order valence-corrected chi connectivity index (χ3v) is 3.32. The normalized spacial score (nSPS) is 15.1. The molecule has 1 aliphatic carbocycles. The Morgan fingerprint density at radius 2 is 2.05 bits per heavy atom. The maximum Gasteiger partial charge on any atom is 0.431 e. The number of ketones is 1. The quantitative estimate of drug-likeness (QED) is 0.896. The topological polar surface area (TPSA) is 62.0 Å². The van der Waals surface area contributed by atoms with Crippen LogP contribution >= 0.6 is 0 Å². The number of nitrogens with one attached hydrogen (secondary N) is 2. The molecular formula is C13H15F3N2O2. The minimum atomic E-state index is -4.52. The molecule has 7 heteroatoms. The van der Waals surface area contributed by atoms with E-state index in [9.17, 15) is 22.8 Å². The Morgan fingerprint density at radius 1 is 1.35 bits per heavy atom. The van der Waals surface area contributed by atoms with E-state index < -0.39 is 11.9 Å². The first-order chi connectivity index (χ1) is 9.30. The number of alkyl halides is 3. The molecular weight excluding hydrogens is 273 g/mol. The predicted molar refractivity (Wildman–Crippen MR) is 65.5 cm³/mol. The van der Waals surface area contributed by atoms with Crippen LogP contribution in [0, 0.1) is 0 Å². The zero-order valence-electron chi connectivity index (χ0n) is 11.0. The highest BCUT2D eigenvalue weighted by Gasteiger charge is 2.39. The Morgan fingerprint density at radius 3 is 2.65 bits per heavy atom. The Bertz CT molecular complexity index is 547. The summed E-state index contributed by atoms with van der Waals surface area (Å²) in [7, 11) is 0. The van der Waals surface area contributed by atoms with Gasteiger partial charge in [0.2, 0.25) is 5.91 Å². The molecule has 1 aromatic rings. The van der Waals surface area contributed by atoms with Crippen molar-refractivity contribution in [2.24, 2.45) is 0 Å². The second kappa shape index (κ2) is 5.30. The summed E-state index contributed by atoms with van der Waals surface area (Å²) in [6.07, 6.45) is -3.25. The third-order valence-electron chi connectivity index (χ3n) is 3.32. The van der Waals surface area contributed by atoms with Crippen molar-refractivity contribution in [1.29, 1.82) is 0 Å². The number of carbonyl (C=O) groups is 2. The van der Waals surface area contributed by atoms with Gasteiger partial charge in [0.25, 0.3) is 0 Å². The van der Waals surface area contributed by atoms with Crippen LogP contribution in [0.5, 0.6) is 0 Å². The number of aromatic nitrogens is 1. The average Bonchev–Trinajstić information content (AvgIpc) is 2.69. The largest absolute Gasteiger partial charge is 0.431 e. The molecule has 0 fully saturated rings. The summed E-state index contributed by atoms with van der Waals surface area (Å²) in [4.78, 5) is 25.0. The van der Waals surface area contributed by atoms with E-state index in [0.717, 1.165) is 0 Å². The first kappa shape index (κ1) is 14.6. The number of halogens is 3. The van der Waals surface area contributed by atoms with Gasteiger partial charge < -0.3 is 10.3 Å². The lowest BCUT2D eigenvalue weighted by atomic mass is 9.92. The summed E-state index contributed by atoms with van der Waals surface area (Å²) >= 11 is 0. The van der Waals surface area contributed by atoms with Crippen LogP contribution in [0.3, 0.4) is 0 Å². The fourth-order valence-electron chi connectivity index (χ4n) is 2.53. The van der Waals surface area contributed by atoms with Gasteiger partial charge in [-0.15, -0.1) is 0 Å². The Labute approximate surface area is 113 Å². The number of aryl methyl sites for hydroxylation is 1. The van der Waals surface area contributed by atoms with Crippen molar-refractivity contribution < 1.29 is 22.8 Å². The summed E-state index contributed by atoms with van der Waals surface area (Å²) in [5.74, 6) is -0.565. The molecule has 110 valence electrons. The van der Waals surface area contributed by atoms with E-state index in [1.54, 1.807) is 0 Å². The molecule has 0 saturated heterocycles. The molecule has 0 radical (unpaired) electrons. The van der Waals surface area contributed by atoms with Gasteiger partial charge in [-0.3, -0.25) is 9.59 Å². The number of amides is 1. The van der Waals surface area contributed by atoms with Gasteiger partial charge in [0.15, 0.2) is 5.78 Å². The number of hydrogen-bond donors (Lipinski definition) is 2. The molecule has 20 heavy (non-hydrogen) atoms.